The third-order valence-electron chi connectivity index (χ3n) is 3.83. The summed E-state index contributed by atoms with van der Waals surface area (Å²) in [5.41, 5.74) is -2.15. The molecule has 1 unspecified atom stereocenters. The van der Waals surface area contributed by atoms with Crippen molar-refractivity contribution in [3.05, 3.63) is 0 Å². The maximum Gasteiger partial charge on any atom is 0.247 e. The molecule has 24 heavy (non-hydrogen) atoms. The molecule has 0 aromatic heterocycles. The van der Waals surface area contributed by atoms with E-state index in [-0.39, 0.29) is 6.10 Å². The first-order valence-corrected chi connectivity index (χ1v) is 14.3. The molecule has 1 atom stereocenters. The number of hydrogen-bond donors (Lipinski definition) is 0. The van der Waals surface area contributed by atoms with Crippen molar-refractivity contribution in [2.75, 3.05) is 12.4 Å². The highest BCUT2D eigenvalue weighted by atomic mass is 32.9. The van der Waals surface area contributed by atoms with Gasteiger partial charge >= 0.3 is 0 Å². The van der Waals surface area contributed by atoms with Gasteiger partial charge in [0.25, 0.3) is 0 Å². The van der Waals surface area contributed by atoms with Gasteiger partial charge in [-0.05, 0) is 38.5 Å². The SMILES string of the molecule is CCCCCCCCOP(=S)(OC(C)C)SCCCCCCCC. The second-order valence-electron chi connectivity index (χ2n) is 6.80. The van der Waals surface area contributed by atoms with Crippen molar-refractivity contribution in [1.29, 1.82) is 0 Å². The van der Waals surface area contributed by atoms with E-state index in [9.17, 15) is 0 Å². The molecule has 0 bridgehead atoms. The van der Waals surface area contributed by atoms with Gasteiger partial charge in [-0.2, -0.15) is 0 Å². The van der Waals surface area contributed by atoms with E-state index < -0.39 is 5.69 Å². The molecule has 0 heterocycles. The summed E-state index contributed by atoms with van der Waals surface area (Å²) in [6.45, 7) is 9.39. The zero-order valence-electron chi connectivity index (χ0n) is 16.6. The molecule has 0 saturated carbocycles. The van der Waals surface area contributed by atoms with Crippen LogP contribution in [-0.4, -0.2) is 18.5 Å². The molecule has 0 aliphatic carbocycles. The summed E-state index contributed by atoms with van der Waals surface area (Å²) in [5, 5.41) is 0. The highest BCUT2D eigenvalue weighted by Crippen LogP contribution is 2.62. The summed E-state index contributed by atoms with van der Waals surface area (Å²) >= 11 is 7.52. The van der Waals surface area contributed by atoms with Gasteiger partial charge < -0.3 is 9.05 Å². The Morgan fingerprint density at radius 3 is 1.83 bits per heavy atom. The fraction of sp³-hybridized carbons (Fsp3) is 1.00. The molecule has 0 aliphatic rings. The van der Waals surface area contributed by atoms with E-state index in [0.717, 1.165) is 18.8 Å². The van der Waals surface area contributed by atoms with Crippen LogP contribution in [0.1, 0.15) is 105 Å². The minimum absolute atomic E-state index is 0.150. The highest BCUT2D eigenvalue weighted by Gasteiger charge is 2.21. The Morgan fingerprint density at radius 1 is 0.792 bits per heavy atom. The van der Waals surface area contributed by atoms with Gasteiger partial charge in [0, 0.05) is 5.75 Å². The first kappa shape index (κ1) is 24.9. The van der Waals surface area contributed by atoms with Crippen molar-refractivity contribution in [2.24, 2.45) is 0 Å². The Balaban J connectivity index is 3.88. The molecule has 0 amide bonds. The van der Waals surface area contributed by atoms with Crippen molar-refractivity contribution < 1.29 is 9.05 Å². The van der Waals surface area contributed by atoms with Crippen LogP contribution in [0.15, 0.2) is 0 Å². The van der Waals surface area contributed by atoms with Crippen molar-refractivity contribution >= 4 is 28.9 Å². The Kier molecular flexibility index (Phi) is 18.0. The van der Waals surface area contributed by atoms with Crippen LogP contribution in [-0.2, 0) is 20.9 Å². The summed E-state index contributed by atoms with van der Waals surface area (Å²) in [4.78, 5) is 0. The standard InChI is InChI=1S/C19H41O2PS2/c1-5-7-9-11-13-15-17-20-22(23,21-19(3)4)24-18-16-14-12-10-8-6-2/h19H,5-18H2,1-4H3. The van der Waals surface area contributed by atoms with Crippen LogP contribution in [0.25, 0.3) is 0 Å². The minimum atomic E-state index is -2.15. The Morgan fingerprint density at radius 2 is 1.29 bits per heavy atom. The van der Waals surface area contributed by atoms with Crippen molar-refractivity contribution in [2.45, 2.75) is 111 Å². The lowest BCUT2D eigenvalue weighted by Crippen LogP contribution is -2.03. The largest absolute Gasteiger partial charge is 0.322 e. The van der Waals surface area contributed by atoms with Crippen molar-refractivity contribution in [3.63, 3.8) is 0 Å². The average Bonchev–Trinajstić information content (AvgIpc) is 2.52. The molecule has 2 nitrogen and oxygen atoms in total. The molecule has 0 aliphatic heterocycles. The van der Waals surface area contributed by atoms with E-state index in [2.05, 4.69) is 27.7 Å². The van der Waals surface area contributed by atoms with E-state index in [0.29, 0.717) is 0 Å². The third kappa shape index (κ3) is 16.4. The predicted octanol–water partition coefficient (Wildman–Crippen LogP) is 8.11. The molecule has 0 spiro atoms. The van der Waals surface area contributed by atoms with Gasteiger partial charge in [0.1, 0.15) is 0 Å². The van der Waals surface area contributed by atoms with Crippen molar-refractivity contribution in [3.8, 4) is 0 Å². The molecule has 0 saturated heterocycles. The van der Waals surface area contributed by atoms with Gasteiger partial charge in [0.05, 0.1) is 12.7 Å². The molecule has 0 aromatic carbocycles. The summed E-state index contributed by atoms with van der Waals surface area (Å²) in [6.07, 6.45) is 15.8. The van der Waals surface area contributed by atoms with Gasteiger partial charge in [-0.3, -0.25) is 0 Å². The van der Waals surface area contributed by atoms with Crippen LogP contribution in [0.4, 0.5) is 0 Å². The van der Waals surface area contributed by atoms with Crippen LogP contribution in [0.3, 0.4) is 0 Å². The second kappa shape index (κ2) is 17.3. The molecule has 0 N–H and O–H groups in total. The molecule has 0 aromatic rings. The van der Waals surface area contributed by atoms with Crippen LogP contribution in [0, 0.1) is 0 Å². The molecule has 146 valence electrons. The lowest BCUT2D eigenvalue weighted by atomic mass is 10.1. The van der Waals surface area contributed by atoms with Gasteiger partial charge in [0.2, 0.25) is 5.69 Å². The number of hydrogen-bond acceptors (Lipinski definition) is 4. The quantitative estimate of drug-likeness (QED) is 0.172. The van der Waals surface area contributed by atoms with Crippen LogP contribution in [0.2, 0.25) is 0 Å². The van der Waals surface area contributed by atoms with Crippen LogP contribution >= 0.6 is 17.1 Å². The monoisotopic (exact) mass is 396 g/mol. The predicted molar refractivity (Wildman–Crippen MR) is 116 cm³/mol. The lowest BCUT2D eigenvalue weighted by molar-refractivity contribution is 0.212. The molecule has 0 rings (SSSR count). The van der Waals surface area contributed by atoms with Gasteiger partial charge in [-0.25, -0.2) is 0 Å². The van der Waals surface area contributed by atoms with E-state index >= 15 is 0 Å². The lowest BCUT2D eigenvalue weighted by Gasteiger charge is -2.23. The maximum absolute atomic E-state index is 6.06. The molecule has 0 fully saturated rings. The minimum Gasteiger partial charge on any atom is -0.322 e. The fourth-order valence-corrected chi connectivity index (χ4v) is 7.71. The second-order valence-corrected chi connectivity index (χ2v) is 13.2. The van der Waals surface area contributed by atoms with Crippen LogP contribution < -0.4 is 0 Å². The van der Waals surface area contributed by atoms with Gasteiger partial charge in [0.15, 0.2) is 0 Å². The number of rotatable bonds is 18. The third-order valence-corrected chi connectivity index (χ3v) is 9.39. The Hall–Kier alpha value is 0.920. The zero-order chi connectivity index (χ0) is 18.1. The molecular formula is C19H41O2PS2. The molecule has 5 heteroatoms. The maximum atomic E-state index is 6.06. The fourth-order valence-electron chi connectivity index (χ4n) is 2.47. The first-order chi connectivity index (χ1) is 11.5. The first-order valence-electron chi connectivity index (χ1n) is 10.1. The average molecular weight is 397 g/mol. The zero-order valence-corrected chi connectivity index (χ0v) is 19.1. The molecular weight excluding hydrogens is 355 g/mol. The summed E-state index contributed by atoms with van der Waals surface area (Å²) < 4.78 is 12.1. The smallest absolute Gasteiger partial charge is 0.247 e. The normalized spacial score (nSPS) is 14.2. The summed E-state index contributed by atoms with van der Waals surface area (Å²) in [6, 6.07) is 0. The van der Waals surface area contributed by atoms with E-state index in [1.807, 2.05) is 0 Å². The Labute approximate surface area is 161 Å². The van der Waals surface area contributed by atoms with Gasteiger partial charge in [-0.15, -0.1) is 0 Å². The van der Waals surface area contributed by atoms with Gasteiger partial charge in [-0.1, -0.05) is 89.4 Å². The summed E-state index contributed by atoms with van der Waals surface area (Å²) in [7, 11) is 0. The van der Waals surface area contributed by atoms with Crippen LogP contribution in [0.5, 0.6) is 0 Å². The van der Waals surface area contributed by atoms with E-state index in [1.54, 1.807) is 11.4 Å². The number of unbranched alkanes of at least 4 members (excludes halogenated alkanes) is 10. The van der Waals surface area contributed by atoms with Crippen molar-refractivity contribution in [1.82, 2.24) is 0 Å². The topological polar surface area (TPSA) is 18.5 Å². The molecule has 0 radical (unpaired) electrons. The Bertz CT molecular complexity index is 290. The van der Waals surface area contributed by atoms with E-state index in [4.69, 9.17) is 20.9 Å². The highest BCUT2D eigenvalue weighted by molar-refractivity contribution is 8.67. The summed E-state index contributed by atoms with van der Waals surface area (Å²) in [5.74, 6) is 1.08. The van der Waals surface area contributed by atoms with E-state index in [1.165, 1.54) is 70.6 Å².